The van der Waals surface area contributed by atoms with E-state index in [1.807, 2.05) is 4.90 Å². The van der Waals surface area contributed by atoms with Crippen LogP contribution in [0.1, 0.15) is 0 Å². The lowest BCUT2D eigenvalue weighted by Crippen LogP contribution is -2.51. The number of amides is 1. The molecule has 1 saturated heterocycles. The average molecular weight is 356 g/mol. The summed E-state index contributed by atoms with van der Waals surface area (Å²) in [5.74, 6) is 2.17. The van der Waals surface area contributed by atoms with Crippen molar-refractivity contribution in [2.45, 2.75) is 4.90 Å². The number of carbonyl (C=O) groups is 1. The van der Waals surface area contributed by atoms with Crippen LogP contribution in [0.25, 0.3) is 0 Å². The number of nitrogens with zero attached hydrogens (tertiary/aromatic N) is 2. The summed E-state index contributed by atoms with van der Waals surface area (Å²) >= 11 is 5.99. The van der Waals surface area contributed by atoms with Gasteiger partial charge in [0, 0.05) is 26.2 Å². The molecule has 8 heteroatoms. The van der Waals surface area contributed by atoms with Crippen molar-refractivity contribution in [3.05, 3.63) is 29.3 Å². The third-order valence-corrected chi connectivity index (χ3v) is 5.94. The summed E-state index contributed by atoms with van der Waals surface area (Å²) in [5.41, 5.74) is 0. The molecule has 0 radical (unpaired) electrons. The van der Waals surface area contributed by atoms with Crippen LogP contribution in [0.3, 0.4) is 0 Å². The molecule has 1 fully saturated rings. The lowest BCUT2D eigenvalue weighted by atomic mass is 10.3. The molecule has 0 unspecified atom stereocenters. The number of halogens is 1. The first-order valence-corrected chi connectivity index (χ1v) is 8.94. The molecule has 0 atom stereocenters. The van der Waals surface area contributed by atoms with Gasteiger partial charge < -0.3 is 5.32 Å². The van der Waals surface area contributed by atoms with Crippen LogP contribution in [0, 0.1) is 12.3 Å². The van der Waals surface area contributed by atoms with Crippen molar-refractivity contribution < 1.29 is 13.2 Å². The maximum atomic E-state index is 12.6. The molecule has 1 amide bonds. The number of sulfonamides is 1. The van der Waals surface area contributed by atoms with Gasteiger partial charge in [0.25, 0.3) is 0 Å². The number of benzene rings is 1. The number of nitrogens with one attached hydrogen (secondary N) is 1. The van der Waals surface area contributed by atoms with Crippen LogP contribution in [0.4, 0.5) is 0 Å². The first-order valence-electron chi connectivity index (χ1n) is 7.12. The van der Waals surface area contributed by atoms with Gasteiger partial charge in [-0.05, 0) is 12.1 Å². The number of rotatable bonds is 5. The molecule has 1 heterocycles. The van der Waals surface area contributed by atoms with Gasteiger partial charge in [-0.25, -0.2) is 8.42 Å². The minimum atomic E-state index is -3.61. The van der Waals surface area contributed by atoms with Crippen LogP contribution in [0.15, 0.2) is 29.2 Å². The molecular formula is C15H18ClN3O3S. The van der Waals surface area contributed by atoms with Gasteiger partial charge >= 0.3 is 0 Å². The van der Waals surface area contributed by atoms with Crippen LogP contribution in [-0.2, 0) is 14.8 Å². The van der Waals surface area contributed by atoms with E-state index in [9.17, 15) is 13.2 Å². The van der Waals surface area contributed by atoms with Gasteiger partial charge in [0.1, 0.15) is 4.90 Å². The molecule has 0 bridgehead atoms. The van der Waals surface area contributed by atoms with E-state index < -0.39 is 10.0 Å². The lowest BCUT2D eigenvalue weighted by molar-refractivity contribution is -0.122. The van der Waals surface area contributed by atoms with Crippen LogP contribution in [0.2, 0.25) is 5.02 Å². The second kappa shape index (κ2) is 7.79. The Morgan fingerprint density at radius 2 is 1.91 bits per heavy atom. The highest BCUT2D eigenvalue weighted by Gasteiger charge is 2.30. The number of hydrogen-bond donors (Lipinski definition) is 1. The van der Waals surface area contributed by atoms with Gasteiger partial charge in [-0.2, -0.15) is 4.31 Å². The second-order valence-electron chi connectivity index (χ2n) is 5.09. The number of hydrogen-bond acceptors (Lipinski definition) is 4. The third kappa shape index (κ3) is 4.45. The quantitative estimate of drug-likeness (QED) is 0.776. The van der Waals surface area contributed by atoms with E-state index in [1.54, 1.807) is 18.2 Å². The number of piperazine rings is 1. The second-order valence-corrected chi connectivity index (χ2v) is 7.41. The molecule has 1 aromatic rings. The van der Waals surface area contributed by atoms with Gasteiger partial charge in [-0.3, -0.25) is 9.69 Å². The molecule has 1 aliphatic heterocycles. The van der Waals surface area contributed by atoms with Crippen LogP contribution in [0.5, 0.6) is 0 Å². The Balaban J connectivity index is 1.95. The van der Waals surface area contributed by atoms with E-state index in [0.29, 0.717) is 26.2 Å². The minimum Gasteiger partial charge on any atom is -0.344 e. The van der Waals surface area contributed by atoms with E-state index in [0.717, 1.165) is 0 Å². The Labute approximate surface area is 141 Å². The van der Waals surface area contributed by atoms with Crippen LogP contribution < -0.4 is 5.32 Å². The fourth-order valence-electron chi connectivity index (χ4n) is 2.33. The normalized spacial score (nSPS) is 16.7. The molecule has 2 rings (SSSR count). The zero-order chi connectivity index (χ0) is 16.9. The molecule has 0 aliphatic carbocycles. The summed E-state index contributed by atoms with van der Waals surface area (Å²) in [4.78, 5) is 13.6. The maximum Gasteiger partial charge on any atom is 0.244 e. The molecule has 6 nitrogen and oxygen atoms in total. The van der Waals surface area contributed by atoms with Crippen LogP contribution in [-0.4, -0.2) is 62.8 Å². The summed E-state index contributed by atoms with van der Waals surface area (Å²) in [5, 5.41) is 2.80. The van der Waals surface area contributed by atoms with E-state index in [1.165, 1.54) is 10.4 Å². The molecule has 23 heavy (non-hydrogen) atoms. The van der Waals surface area contributed by atoms with E-state index in [2.05, 4.69) is 11.2 Å². The Kier molecular flexibility index (Phi) is 6.02. The van der Waals surface area contributed by atoms with Crippen molar-refractivity contribution in [1.82, 2.24) is 14.5 Å². The molecule has 0 spiro atoms. The minimum absolute atomic E-state index is 0.113. The Morgan fingerprint density at radius 1 is 1.26 bits per heavy atom. The van der Waals surface area contributed by atoms with Gasteiger partial charge in [-0.1, -0.05) is 29.7 Å². The fourth-order valence-corrected chi connectivity index (χ4v) is 4.25. The van der Waals surface area contributed by atoms with Gasteiger partial charge in [0.05, 0.1) is 18.1 Å². The summed E-state index contributed by atoms with van der Waals surface area (Å²) in [6, 6.07) is 6.39. The number of carbonyl (C=O) groups excluding carboxylic acids is 1. The number of terminal acetylenes is 1. The van der Waals surface area contributed by atoms with E-state index in [4.69, 9.17) is 18.0 Å². The lowest BCUT2D eigenvalue weighted by Gasteiger charge is -2.33. The first-order chi connectivity index (χ1) is 10.9. The van der Waals surface area contributed by atoms with Gasteiger partial charge in [-0.15, -0.1) is 6.42 Å². The largest absolute Gasteiger partial charge is 0.344 e. The average Bonchev–Trinajstić information content (AvgIpc) is 2.53. The monoisotopic (exact) mass is 355 g/mol. The Bertz CT molecular complexity index is 707. The summed E-state index contributed by atoms with van der Waals surface area (Å²) in [7, 11) is -3.61. The summed E-state index contributed by atoms with van der Waals surface area (Å²) in [6.07, 6.45) is 5.08. The van der Waals surface area contributed by atoms with Crippen molar-refractivity contribution in [2.24, 2.45) is 0 Å². The van der Waals surface area contributed by atoms with E-state index in [-0.39, 0.29) is 28.9 Å². The van der Waals surface area contributed by atoms with Gasteiger partial charge in [0.15, 0.2) is 0 Å². The topological polar surface area (TPSA) is 69.7 Å². The van der Waals surface area contributed by atoms with E-state index >= 15 is 0 Å². The van der Waals surface area contributed by atoms with Crippen LogP contribution >= 0.6 is 11.6 Å². The van der Waals surface area contributed by atoms with Crippen molar-refractivity contribution in [3.63, 3.8) is 0 Å². The Hall–Kier alpha value is -1.59. The summed E-state index contributed by atoms with van der Waals surface area (Å²) in [6.45, 7) is 1.99. The fraction of sp³-hybridized carbons (Fsp3) is 0.400. The molecule has 0 aromatic heterocycles. The molecule has 1 aliphatic rings. The molecule has 1 aromatic carbocycles. The first kappa shape index (κ1) is 17.8. The summed E-state index contributed by atoms with van der Waals surface area (Å²) < 4.78 is 26.6. The predicted molar refractivity (Wildman–Crippen MR) is 88.5 cm³/mol. The maximum absolute atomic E-state index is 12.6. The highest BCUT2D eigenvalue weighted by molar-refractivity contribution is 7.89. The van der Waals surface area contributed by atoms with Crippen molar-refractivity contribution >= 4 is 27.5 Å². The van der Waals surface area contributed by atoms with Gasteiger partial charge in [0.2, 0.25) is 15.9 Å². The molecule has 124 valence electrons. The SMILES string of the molecule is C#CCNC(=O)CN1CCN(S(=O)(=O)c2ccccc2Cl)CC1. The van der Waals surface area contributed by atoms with Crippen molar-refractivity contribution in [3.8, 4) is 12.3 Å². The smallest absolute Gasteiger partial charge is 0.244 e. The van der Waals surface area contributed by atoms with Crippen molar-refractivity contribution in [2.75, 3.05) is 39.3 Å². The molecule has 1 N–H and O–H groups in total. The standard InChI is InChI=1S/C15H18ClN3O3S/c1-2-7-17-15(20)12-18-8-10-19(11-9-18)23(21,22)14-6-4-3-5-13(14)16/h1,3-6H,7-12H2,(H,17,20). The van der Waals surface area contributed by atoms with Crippen molar-refractivity contribution in [1.29, 1.82) is 0 Å². The Morgan fingerprint density at radius 3 is 2.52 bits per heavy atom. The zero-order valence-corrected chi connectivity index (χ0v) is 14.1. The third-order valence-electron chi connectivity index (χ3n) is 3.54. The molecular weight excluding hydrogens is 338 g/mol. The molecule has 0 saturated carbocycles. The highest BCUT2D eigenvalue weighted by atomic mass is 35.5. The zero-order valence-electron chi connectivity index (χ0n) is 12.5. The highest BCUT2D eigenvalue weighted by Crippen LogP contribution is 2.24. The predicted octanol–water partition coefficient (Wildman–Crippen LogP) is 0.396.